The van der Waals surface area contributed by atoms with Crippen molar-refractivity contribution in [2.75, 3.05) is 6.54 Å². The molecule has 1 aromatic heterocycles. The molecule has 3 heteroatoms. The normalized spacial score (nSPS) is 11.6. The molecule has 0 radical (unpaired) electrons. The summed E-state index contributed by atoms with van der Waals surface area (Å²) in [5.41, 5.74) is 2.42. The van der Waals surface area contributed by atoms with Gasteiger partial charge in [-0.1, -0.05) is 31.5 Å². The van der Waals surface area contributed by atoms with Crippen molar-refractivity contribution < 1.29 is 0 Å². The van der Waals surface area contributed by atoms with E-state index in [1.165, 1.54) is 23.8 Å². The summed E-state index contributed by atoms with van der Waals surface area (Å²) in [5.74, 6) is 0.794. The molecule has 0 bridgehead atoms. The molecule has 0 saturated carbocycles. The third-order valence-electron chi connectivity index (χ3n) is 3.18. The van der Waals surface area contributed by atoms with Crippen LogP contribution in [0.2, 0.25) is 5.02 Å². The molecule has 1 heterocycles. The number of rotatable bonds is 6. The molecule has 0 aliphatic heterocycles. The molecule has 2 N–H and O–H groups in total. The van der Waals surface area contributed by atoms with Gasteiger partial charge in [0.1, 0.15) is 0 Å². The number of benzene rings is 1. The second-order valence-electron chi connectivity index (χ2n) is 5.22. The van der Waals surface area contributed by atoms with E-state index in [4.69, 9.17) is 11.6 Å². The average molecular weight is 265 g/mol. The molecule has 0 atom stereocenters. The Labute approximate surface area is 114 Å². The molecular formula is C15H21ClN2. The van der Waals surface area contributed by atoms with Crippen LogP contribution in [0, 0.1) is 5.92 Å². The number of aromatic nitrogens is 1. The van der Waals surface area contributed by atoms with Crippen molar-refractivity contribution in [2.24, 2.45) is 5.92 Å². The van der Waals surface area contributed by atoms with E-state index in [1.54, 1.807) is 0 Å². The highest BCUT2D eigenvalue weighted by Gasteiger charge is 2.03. The number of hydrogen-bond donors (Lipinski definition) is 2. The number of aromatic amines is 1. The lowest BCUT2D eigenvalue weighted by Gasteiger charge is -2.06. The smallest absolute Gasteiger partial charge is 0.0472 e. The van der Waals surface area contributed by atoms with E-state index in [0.717, 1.165) is 29.5 Å². The Kier molecular flexibility index (Phi) is 4.67. The number of halogens is 1. The second kappa shape index (κ2) is 6.26. The minimum absolute atomic E-state index is 0.779. The van der Waals surface area contributed by atoms with Gasteiger partial charge < -0.3 is 10.3 Å². The molecule has 0 unspecified atom stereocenters. The fourth-order valence-electron chi connectivity index (χ4n) is 2.16. The largest absolute Gasteiger partial charge is 0.361 e. The van der Waals surface area contributed by atoms with E-state index in [2.05, 4.69) is 36.4 Å². The van der Waals surface area contributed by atoms with Gasteiger partial charge in [-0.25, -0.2) is 0 Å². The zero-order valence-electron chi connectivity index (χ0n) is 11.1. The molecular weight excluding hydrogens is 244 g/mol. The van der Waals surface area contributed by atoms with Crippen molar-refractivity contribution >= 4 is 22.5 Å². The van der Waals surface area contributed by atoms with Gasteiger partial charge in [-0.05, 0) is 43.0 Å². The first-order chi connectivity index (χ1) is 8.66. The number of H-pyrrole nitrogens is 1. The van der Waals surface area contributed by atoms with Crippen LogP contribution in [0.5, 0.6) is 0 Å². The van der Waals surface area contributed by atoms with Crippen LogP contribution < -0.4 is 5.32 Å². The van der Waals surface area contributed by atoms with E-state index < -0.39 is 0 Å². The zero-order valence-corrected chi connectivity index (χ0v) is 11.8. The Bertz CT molecular complexity index is 502. The summed E-state index contributed by atoms with van der Waals surface area (Å²) in [5, 5.41) is 5.54. The Morgan fingerprint density at radius 1 is 1.33 bits per heavy atom. The van der Waals surface area contributed by atoms with Gasteiger partial charge in [0.2, 0.25) is 0 Å². The van der Waals surface area contributed by atoms with Gasteiger partial charge in [-0.15, -0.1) is 0 Å². The molecule has 2 nitrogen and oxygen atoms in total. The van der Waals surface area contributed by atoms with Crippen LogP contribution in [0.15, 0.2) is 24.4 Å². The summed E-state index contributed by atoms with van der Waals surface area (Å²) in [6.07, 6.45) is 4.60. The quantitative estimate of drug-likeness (QED) is 0.746. The molecule has 0 aliphatic rings. The average Bonchev–Trinajstić information content (AvgIpc) is 2.70. The summed E-state index contributed by atoms with van der Waals surface area (Å²) in [4.78, 5) is 3.26. The number of fused-ring (bicyclic) bond motifs is 1. The zero-order chi connectivity index (χ0) is 13.0. The summed E-state index contributed by atoms with van der Waals surface area (Å²) in [6, 6.07) is 6.00. The predicted molar refractivity (Wildman–Crippen MR) is 79.1 cm³/mol. The maximum absolute atomic E-state index is 5.97. The molecule has 0 fully saturated rings. The molecule has 0 amide bonds. The summed E-state index contributed by atoms with van der Waals surface area (Å²) < 4.78 is 0. The Morgan fingerprint density at radius 2 is 2.17 bits per heavy atom. The second-order valence-corrected chi connectivity index (χ2v) is 5.65. The molecule has 0 spiro atoms. The fourth-order valence-corrected chi connectivity index (χ4v) is 2.34. The van der Waals surface area contributed by atoms with Gasteiger partial charge >= 0.3 is 0 Å². The number of hydrogen-bond acceptors (Lipinski definition) is 1. The Morgan fingerprint density at radius 3 is 2.94 bits per heavy atom. The molecule has 0 aliphatic carbocycles. The SMILES string of the molecule is CC(C)CCCNCc1c[nH]c2cc(Cl)ccc12. The van der Waals surface area contributed by atoms with E-state index in [0.29, 0.717) is 0 Å². The highest BCUT2D eigenvalue weighted by Crippen LogP contribution is 2.21. The van der Waals surface area contributed by atoms with Crippen LogP contribution in [-0.2, 0) is 6.54 Å². The predicted octanol–water partition coefficient (Wildman–Crippen LogP) is 4.35. The van der Waals surface area contributed by atoms with Crippen LogP contribution in [0.25, 0.3) is 10.9 Å². The molecule has 98 valence electrons. The number of nitrogens with one attached hydrogen (secondary N) is 2. The maximum atomic E-state index is 5.97. The van der Waals surface area contributed by atoms with Crippen molar-refractivity contribution in [1.82, 2.24) is 10.3 Å². The van der Waals surface area contributed by atoms with Crippen LogP contribution >= 0.6 is 11.6 Å². The third kappa shape index (κ3) is 3.50. The van der Waals surface area contributed by atoms with Crippen LogP contribution in [0.1, 0.15) is 32.3 Å². The summed E-state index contributed by atoms with van der Waals surface area (Å²) >= 11 is 5.97. The summed E-state index contributed by atoms with van der Waals surface area (Å²) in [7, 11) is 0. The van der Waals surface area contributed by atoms with Gasteiger partial charge in [0, 0.05) is 28.7 Å². The van der Waals surface area contributed by atoms with Crippen molar-refractivity contribution in [1.29, 1.82) is 0 Å². The Hall–Kier alpha value is -0.990. The monoisotopic (exact) mass is 264 g/mol. The first-order valence-electron chi connectivity index (χ1n) is 6.63. The van der Waals surface area contributed by atoms with Crippen molar-refractivity contribution in [3.63, 3.8) is 0 Å². The Balaban J connectivity index is 1.88. The molecule has 18 heavy (non-hydrogen) atoms. The standard InChI is InChI=1S/C15H21ClN2/c1-11(2)4-3-7-17-9-12-10-18-15-8-13(16)5-6-14(12)15/h5-6,8,10-11,17-18H,3-4,7,9H2,1-2H3. The van der Waals surface area contributed by atoms with Crippen molar-refractivity contribution in [2.45, 2.75) is 33.2 Å². The van der Waals surface area contributed by atoms with E-state index in [9.17, 15) is 0 Å². The van der Waals surface area contributed by atoms with Crippen molar-refractivity contribution in [3.05, 3.63) is 35.0 Å². The van der Waals surface area contributed by atoms with Crippen LogP contribution in [0.3, 0.4) is 0 Å². The third-order valence-corrected chi connectivity index (χ3v) is 3.42. The molecule has 1 aromatic carbocycles. The first-order valence-corrected chi connectivity index (χ1v) is 7.01. The minimum Gasteiger partial charge on any atom is -0.361 e. The minimum atomic E-state index is 0.779. The van der Waals surface area contributed by atoms with E-state index in [-0.39, 0.29) is 0 Å². The van der Waals surface area contributed by atoms with E-state index in [1.807, 2.05) is 12.1 Å². The van der Waals surface area contributed by atoms with Crippen LogP contribution in [-0.4, -0.2) is 11.5 Å². The maximum Gasteiger partial charge on any atom is 0.0472 e. The topological polar surface area (TPSA) is 27.8 Å². The lowest BCUT2D eigenvalue weighted by Crippen LogP contribution is -2.14. The van der Waals surface area contributed by atoms with Gasteiger partial charge in [0.05, 0.1) is 0 Å². The first kappa shape index (κ1) is 13.4. The van der Waals surface area contributed by atoms with Crippen molar-refractivity contribution in [3.8, 4) is 0 Å². The highest BCUT2D eigenvalue weighted by atomic mass is 35.5. The molecule has 2 rings (SSSR count). The van der Waals surface area contributed by atoms with Gasteiger partial charge in [0.15, 0.2) is 0 Å². The van der Waals surface area contributed by atoms with E-state index >= 15 is 0 Å². The van der Waals surface area contributed by atoms with Gasteiger partial charge in [-0.2, -0.15) is 0 Å². The lowest BCUT2D eigenvalue weighted by molar-refractivity contribution is 0.528. The van der Waals surface area contributed by atoms with Gasteiger partial charge in [-0.3, -0.25) is 0 Å². The molecule has 2 aromatic rings. The highest BCUT2D eigenvalue weighted by molar-refractivity contribution is 6.31. The molecule has 0 saturated heterocycles. The summed E-state index contributed by atoms with van der Waals surface area (Å²) in [6.45, 7) is 6.53. The van der Waals surface area contributed by atoms with Crippen LogP contribution in [0.4, 0.5) is 0 Å². The fraction of sp³-hybridized carbons (Fsp3) is 0.467. The van der Waals surface area contributed by atoms with Gasteiger partial charge in [0.25, 0.3) is 0 Å². The lowest BCUT2D eigenvalue weighted by atomic mass is 10.1.